The van der Waals surface area contributed by atoms with E-state index in [4.69, 9.17) is 16.3 Å². The van der Waals surface area contributed by atoms with E-state index in [0.717, 1.165) is 24.1 Å². The largest absolute Gasteiger partial charge is 0.380 e. The molecule has 0 aromatic carbocycles. The highest BCUT2D eigenvalue weighted by Crippen LogP contribution is 2.32. The lowest BCUT2D eigenvalue weighted by Gasteiger charge is -2.16. The Morgan fingerprint density at radius 1 is 1.33 bits per heavy atom. The zero-order valence-corrected chi connectivity index (χ0v) is 12.6. The van der Waals surface area contributed by atoms with Crippen LogP contribution in [0.25, 0.3) is 0 Å². The summed E-state index contributed by atoms with van der Waals surface area (Å²) < 4.78 is 6.19. The fraction of sp³-hybridized carbons (Fsp3) is 0.385. The van der Waals surface area contributed by atoms with Crippen LogP contribution in [0.3, 0.4) is 0 Å². The third-order valence-corrected chi connectivity index (χ3v) is 4.74. The van der Waals surface area contributed by atoms with Crippen LogP contribution in [0.2, 0.25) is 4.34 Å². The summed E-state index contributed by atoms with van der Waals surface area (Å²) in [4.78, 5) is 2.56. The van der Waals surface area contributed by atoms with Crippen LogP contribution in [0.5, 0.6) is 0 Å². The molecular weight excluding hydrogens is 286 g/mol. The van der Waals surface area contributed by atoms with Crippen molar-refractivity contribution >= 4 is 34.3 Å². The van der Waals surface area contributed by atoms with E-state index in [9.17, 15) is 0 Å². The van der Waals surface area contributed by atoms with Gasteiger partial charge < -0.3 is 10.1 Å². The van der Waals surface area contributed by atoms with E-state index in [0.29, 0.717) is 0 Å². The van der Waals surface area contributed by atoms with E-state index in [1.807, 2.05) is 13.0 Å². The molecule has 0 aliphatic carbocycles. The Bertz CT molecular complexity index is 455. The Balaban J connectivity index is 2.04. The lowest BCUT2D eigenvalue weighted by molar-refractivity contribution is 0.148. The first-order valence-electron chi connectivity index (χ1n) is 5.91. The number of rotatable bonds is 7. The highest BCUT2D eigenvalue weighted by Gasteiger charge is 2.16. The maximum Gasteiger partial charge on any atom is 0.0931 e. The third kappa shape index (κ3) is 3.80. The molecule has 1 N–H and O–H groups in total. The molecule has 18 heavy (non-hydrogen) atoms. The van der Waals surface area contributed by atoms with Crippen LogP contribution in [0.1, 0.15) is 22.7 Å². The first-order chi connectivity index (χ1) is 8.81. The average molecular weight is 302 g/mol. The van der Waals surface area contributed by atoms with Crippen LogP contribution in [0.15, 0.2) is 29.6 Å². The van der Waals surface area contributed by atoms with Gasteiger partial charge in [-0.05, 0) is 30.5 Å². The fourth-order valence-corrected chi connectivity index (χ4v) is 3.75. The Kier molecular flexibility index (Phi) is 5.66. The summed E-state index contributed by atoms with van der Waals surface area (Å²) >= 11 is 9.40. The molecule has 0 fully saturated rings. The first kappa shape index (κ1) is 14.0. The number of halogens is 1. The first-order valence-corrected chi connectivity index (χ1v) is 7.98. The van der Waals surface area contributed by atoms with Crippen molar-refractivity contribution in [2.24, 2.45) is 0 Å². The quantitative estimate of drug-likeness (QED) is 0.775. The van der Waals surface area contributed by atoms with Gasteiger partial charge in [-0.2, -0.15) is 0 Å². The van der Waals surface area contributed by atoms with Gasteiger partial charge in [-0.25, -0.2) is 0 Å². The molecule has 1 atom stereocenters. The van der Waals surface area contributed by atoms with Crippen LogP contribution in [-0.2, 0) is 4.74 Å². The van der Waals surface area contributed by atoms with Gasteiger partial charge in [0.1, 0.15) is 0 Å². The van der Waals surface area contributed by atoms with E-state index < -0.39 is 0 Å². The Hall–Kier alpha value is -0.390. The molecule has 0 bridgehead atoms. The molecule has 2 heterocycles. The molecule has 2 rings (SSSR count). The summed E-state index contributed by atoms with van der Waals surface area (Å²) in [5, 5.41) is 5.62. The summed E-state index contributed by atoms with van der Waals surface area (Å²) in [5.74, 6) is 0. The Labute approximate surface area is 121 Å². The minimum atomic E-state index is 0.225. The van der Waals surface area contributed by atoms with Crippen LogP contribution < -0.4 is 5.32 Å². The highest BCUT2D eigenvalue weighted by molar-refractivity contribution is 7.16. The standard InChI is InChI=1S/C13H16ClNOS2/c1-2-16-8-7-15-13(10-4-3-9-17-10)11-5-6-12(14)18-11/h3-6,9,13,15H,2,7-8H2,1H3. The molecule has 1 unspecified atom stereocenters. The van der Waals surface area contributed by atoms with E-state index in [1.54, 1.807) is 22.7 Å². The monoisotopic (exact) mass is 301 g/mol. The summed E-state index contributed by atoms with van der Waals surface area (Å²) in [5.41, 5.74) is 0. The van der Waals surface area contributed by atoms with Crippen LogP contribution in [0.4, 0.5) is 0 Å². The normalized spacial score (nSPS) is 12.8. The van der Waals surface area contributed by atoms with Crippen molar-refractivity contribution in [3.63, 3.8) is 0 Å². The third-order valence-electron chi connectivity index (χ3n) is 2.51. The van der Waals surface area contributed by atoms with Crippen molar-refractivity contribution in [1.29, 1.82) is 0 Å². The van der Waals surface area contributed by atoms with Gasteiger partial charge in [-0.1, -0.05) is 17.7 Å². The minimum Gasteiger partial charge on any atom is -0.380 e. The lowest BCUT2D eigenvalue weighted by Crippen LogP contribution is -2.25. The predicted octanol–water partition coefficient (Wildman–Crippen LogP) is 4.18. The second-order valence-electron chi connectivity index (χ2n) is 3.74. The van der Waals surface area contributed by atoms with Gasteiger partial charge in [0, 0.05) is 22.9 Å². The van der Waals surface area contributed by atoms with Gasteiger partial charge in [-0.15, -0.1) is 22.7 Å². The van der Waals surface area contributed by atoms with Gasteiger partial charge in [-0.3, -0.25) is 0 Å². The number of thiophene rings is 2. The van der Waals surface area contributed by atoms with E-state index in [-0.39, 0.29) is 6.04 Å². The fourth-order valence-electron chi connectivity index (χ4n) is 1.70. The van der Waals surface area contributed by atoms with E-state index in [2.05, 4.69) is 28.9 Å². The Morgan fingerprint density at radius 3 is 2.83 bits per heavy atom. The van der Waals surface area contributed by atoms with E-state index >= 15 is 0 Å². The highest BCUT2D eigenvalue weighted by atomic mass is 35.5. The molecule has 5 heteroatoms. The lowest BCUT2D eigenvalue weighted by atomic mass is 10.2. The molecule has 98 valence electrons. The molecule has 2 aromatic rings. The second kappa shape index (κ2) is 7.26. The van der Waals surface area contributed by atoms with Crippen LogP contribution in [-0.4, -0.2) is 19.8 Å². The van der Waals surface area contributed by atoms with Gasteiger partial charge in [0.2, 0.25) is 0 Å². The number of nitrogens with one attached hydrogen (secondary N) is 1. The van der Waals surface area contributed by atoms with Crippen molar-refractivity contribution in [3.05, 3.63) is 43.7 Å². The van der Waals surface area contributed by atoms with Gasteiger partial charge >= 0.3 is 0 Å². The molecule has 0 radical (unpaired) electrons. The van der Waals surface area contributed by atoms with Crippen molar-refractivity contribution < 1.29 is 4.74 Å². The van der Waals surface area contributed by atoms with Gasteiger partial charge in [0.15, 0.2) is 0 Å². The van der Waals surface area contributed by atoms with Crippen molar-refractivity contribution in [3.8, 4) is 0 Å². The second-order valence-corrected chi connectivity index (χ2v) is 6.47. The van der Waals surface area contributed by atoms with Crippen molar-refractivity contribution in [2.75, 3.05) is 19.8 Å². The molecule has 0 amide bonds. The molecule has 0 aliphatic rings. The average Bonchev–Trinajstić information content (AvgIpc) is 3.01. The molecule has 0 saturated heterocycles. The summed E-state index contributed by atoms with van der Waals surface area (Å²) in [7, 11) is 0. The van der Waals surface area contributed by atoms with Gasteiger partial charge in [0.05, 0.1) is 17.0 Å². The molecule has 2 aromatic heterocycles. The SMILES string of the molecule is CCOCCNC(c1cccs1)c1ccc(Cl)s1. The predicted molar refractivity (Wildman–Crippen MR) is 80.0 cm³/mol. The van der Waals surface area contributed by atoms with Crippen LogP contribution in [0, 0.1) is 0 Å². The number of ether oxygens (including phenoxy) is 1. The zero-order valence-electron chi connectivity index (χ0n) is 10.2. The summed E-state index contributed by atoms with van der Waals surface area (Å²) in [6.07, 6.45) is 0. The topological polar surface area (TPSA) is 21.3 Å². The van der Waals surface area contributed by atoms with Crippen molar-refractivity contribution in [2.45, 2.75) is 13.0 Å². The Morgan fingerprint density at radius 2 is 2.22 bits per heavy atom. The van der Waals surface area contributed by atoms with Gasteiger partial charge in [0.25, 0.3) is 0 Å². The maximum atomic E-state index is 6.02. The number of hydrogen-bond donors (Lipinski definition) is 1. The van der Waals surface area contributed by atoms with Crippen molar-refractivity contribution in [1.82, 2.24) is 5.32 Å². The minimum absolute atomic E-state index is 0.225. The zero-order chi connectivity index (χ0) is 12.8. The maximum absolute atomic E-state index is 6.02. The summed E-state index contributed by atoms with van der Waals surface area (Å²) in [6, 6.07) is 8.49. The smallest absolute Gasteiger partial charge is 0.0931 e. The molecule has 0 spiro atoms. The van der Waals surface area contributed by atoms with Crippen LogP contribution >= 0.6 is 34.3 Å². The molecule has 0 aliphatic heterocycles. The molecular formula is C13H16ClNOS2. The van der Waals surface area contributed by atoms with E-state index in [1.165, 1.54) is 9.75 Å². The number of hydrogen-bond acceptors (Lipinski definition) is 4. The molecule has 2 nitrogen and oxygen atoms in total. The molecule has 0 saturated carbocycles. The summed E-state index contributed by atoms with van der Waals surface area (Å²) in [6.45, 7) is 4.34.